The summed E-state index contributed by atoms with van der Waals surface area (Å²) in [6, 6.07) is 0. The predicted octanol–water partition coefficient (Wildman–Crippen LogP) is 1.92. The first-order chi connectivity index (χ1) is 3.81. The van der Waals surface area contributed by atoms with E-state index in [2.05, 4.69) is 31.9 Å². The Morgan fingerprint density at radius 3 is 2.50 bits per heavy atom. The van der Waals surface area contributed by atoms with Crippen LogP contribution in [-0.2, 0) is 0 Å². The summed E-state index contributed by atoms with van der Waals surface area (Å²) in [5.41, 5.74) is 0. The highest BCUT2D eigenvalue weighted by atomic mass is 79.9. The lowest BCUT2D eigenvalue weighted by Crippen LogP contribution is -2.02. The minimum atomic E-state index is 0.243. The maximum Gasteiger partial charge on any atom is 0.0556 e. The summed E-state index contributed by atoms with van der Waals surface area (Å²) in [7, 11) is 0. The smallest absolute Gasteiger partial charge is 0.0556 e. The zero-order chi connectivity index (χ0) is 6.41. The van der Waals surface area contributed by atoms with Crippen LogP contribution in [0.1, 0.15) is 12.8 Å². The lowest BCUT2D eigenvalue weighted by atomic mass is 10.3. The van der Waals surface area contributed by atoms with Crippen LogP contribution in [0.4, 0.5) is 0 Å². The second-order valence-corrected chi connectivity index (χ2v) is 3.70. The van der Waals surface area contributed by atoms with Gasteiger partial charge in [0.05, 0.1) is 6.61 Å². The normalized spacial score (nSPS) is 13.9. The first-order valence-electron chi connectivity index (χ1n) is 2.62. The standard InChI is InChI=1S/C5H10Br2O/c6-3-1-2-5(7)4-8/h5,8H,1-4H2. The van der Waals surface area contributed by atoms with Crippen LogP contribution in [0.5, 0.6) is 0 Å². The maximum absolute atomic E-state index is 8.50. The fourth-order valence-electron chi connectivity index (χ4n) is 0.390. The molecule has 0 saturated carbocycles. The van der Waals surface area contributed by atoms with E-state index >= 15 is 0 Å². The summed E-state index contributed by atoms with van der Waals surface area (Å²) in [5, 5.41) is 9.52. The molecule has 0 aromatic rings. The Morgan fingerprint density at radius 2 is 2.12 bits per heavy atom. The summed E-state index contributed by atoms with van der Waals surface area (Å²) in [6.07, 6.45) is 2.16. The van der Waals surface area contributed by atoms with Gasteiger partial charge in [0.25, 0.3) is 0 Å². The molecule has 1 nitrogen and oxygen atoms in total. The van der Waals surface area contributed by atoms with E-state index in [-0.39, 0.29) is 6.61 Å². The van der Waals surface area contributed by atoms with Gasteiger partial charge in [-0.25, -0.2) is 0 Å². The molecule has 1 N–H and O–H groups in total. The molecule has 0 aliphatic rings. The van der Waals surface area contributed by atoms with Gasteiger partial charge in [0.15, 0.2) is 0 Å². The van der Waals surface area contributed by atoms with Gasteiger partial charge in [0, 0.05) is 10.2 Å². The van der Waals surface area contributed by atoms with Crippen LogP contribution < -0.4 is 0 Å². The summed E-state index contributed by atoms with van der Waals surface area (Å²) in [4.78, 5) is 0.292. The minimum absolute atomic E-state index is 0.243. The van der Waals surface area contributed by atoms with E-state index in [1.54, 1.807) is 0 Å². The van der Waals surface area contributed by atoms with Gasteiger partial charge in [-0.3, -0.25) is 0 Å². The highest BCUT2D eigenvalue weighted by molar-refractivity contribution is 9.09. The molecule has 3 heteroatoms. The topological polar surface area (TPSA) is 20.2 Å². The van der Waals surface area contributed by atoms with Gasteiger partial charge in [-0.1, -0.05) is 31.9 Å². The summed E-state index contributed by atoms with van der Waals surface area (Å²) < 4.78 is 0. The van der Waals surface area contributed by atoms with E-state index in [4.69, 9.17) is 5.11 Å². The fraction of sp³-hybridized carbons (Fsp3) is 1.00. The largest absolute Gasteiger partial charge is 0.395 e. The zero-order valence-electron chi connectivity index (χ0n) is 4.61. The van der Waals surface area contributed by atoms with E-state index in [1.807, 2.05) is 0 Å². The molecule has 0 aliphatic heterocycles. The molecular formula is C5H10Br2O. The van der Waals surface area contributed by atoms with Crippen molar-refractivity contribution in [3.8, 4) is 0 Å². The van der Waals surface area contributed by atoms with Crippen LogP contribution >= 0.6 is 31.9 Å². The SMILES string of the molecule is OCC(Br)CCCBr. The molecule has 0 spiro atoms. The van der Waals surface area contributed by atoms with Crippen molar-refractivity contribution in [2.24, 2.45) is 0 Å². The number of aliphatic hydroxyl groups is 1. The highest BCUT2D eigenvalue weighted by Gasteiger charge is 1.98. The molecule has 0 aromatic heterocycles. The van der Waals surface area contributed by atoms with Crippen molar-refractivity contribution < 1.29 is 5.11 Å². The third-order valence-corrected chi connectivity index (χ3v) is 2.16. The monoisotopic (exact) mass is 244 g/mol. The molecule has 0 bridgehead atoms. The minimum Gasteiger partial charge on any atom is -0.395 e. The molecule has 0 saturated heterocycles. The number of halogens is 2. The molecule has 0 aromatic carbocycles. The first kappa shape index (κ1) is 8.92. The Balaban J connectivity index is 2.86. The molecule has 1 unspecified atom stereocenters. The second kappa shape index (κ2) is 6.05. The van der Waals surface area contributed by atoms with Crippen molar-refractivity contribution in [3.05, 3.63) is 0 Å². The quantitative estimate of drug-likeness (QED) is 0.751. The van der Waals surface area contributed by atoms with Crippen LogP contribution in [0, 0.1) is 0 Å². The van der Waals surface area contributed by atoms with Crippen LogP contribution in [0.3, 0.4) is 0 Å². The lowest BCUT2D eigenvalue weighted by Gasteiger charge is -2.01. The third-order valence-electron chi connectivity index (χ3n) is 0.849. The van der Waals surface area contributed by atoms with Crippen molar-refractivity contribution >= 4 is 31.9 Å². The lowest BCUT2D eigenvalue weighted by molar-refractivity contribution is 0.292. The van der Waals surface area contributed by atoms with E-state index in [1.165, 1.54) is 0 Å². The van der Waals surface area contributed by atoms with E-state index in [0.29, 0.717) is 4.83 Å². The van der Waals surface area contributed by atoms with Crippen molar-refractivity contribution in [3.63, 3.8) is 0 Å². The van der Waals surface area contributed by atoms with E-state index < -0.39 is 0 Å². The van der Waals surface area contributed by atoms with Gasteiger partial charge >= 0.3 is 0 Å². The Kier molecular flexibility index (Phi) is 6.74. The van der Waals surface area contributed by atoms with Gasteiger partial charge in [-0.05, 0) is 12.8 Å². The number of hydrogen-bond acceptors (Lipinski definition) is 1. The van der Waals surface area contributed by atoms with Crippen LogP contribution in [0.2, 0.25) is 0 Å². The zero-order valence-corrected chi connectivity index (χ0v) is 7.78. The van der Waals surface area contributed by atoms with Crippen molar-refractivity contribution in [2.75, 3.05) is 11.9 Å². The van der Waals surface area contributed by atoms with E-state index in [9.17, 15) is 0 Å². The first-order valence-corrected chi connectivity index (χ1v) is 4.66. The van der Waals surface area contributed by atoms with Crippen molar-refractivity contribution in [2.45, 2.75) is 17.7 Å². The average molecular weight is 246 g/mol. The average Bonchev–Trinajstić information content (AvgIpc) is 1.83. The van der Waals surface area contributed by atoms with Gasteiger partial charge in [0.1, 0.15) is 0 Å². The summed E-state index contributed by atoms with van der Waals surface area (Å²) >= 11 is 6.61. The molecule has 0 amide bonds. The predicted molar refractivity (Wildman–Crippen MR) is 42.8 cm³/mol. The molecule has 0 rings (SSSR count). The maximum atomic E-state index is 8.50. The Bertz CT molecular complexity index is 49.7. The third kappa shape index (κ3) is 5.06. The number of hydrogen-bond donors (Lipinski definition) is 1. The van der Waals surface area contributed by atoms with Crippen molar-refractivity contribution in [1.82, 2.24) is 0 Å². The molecule has 0 fully saturated rings. The van der Waals surface area contributed by atoms with Gasteiger partial charge in [-0.15, -0.1) is 0 Å². The van der Waals surface area contributed by atoms with Gasteiger partial charge < -0.3 is 5.11 Å². The fourth-order valence-corrected chi connectivity index (χ4v) is 1.04. The van der Waals surface area contributed by atoms with Gasteiger partial charge in [0.2, 0.25) is 0 Å². The van der Waals surface area contributed by atoms with Crippen LogP contribution in [-0.4, -0.2) is 21.9 Å². The Morgan fingerprint density at radius 1 is 1.50 bits per heavy atom. The number of alkyl halides is 2. The molecule has 0 radical (unpaired) electrons. The van der Waals surface area contributed by atoms with Crippen LogP contribution in [0.25, 0.3) is 0 Å². The van der Waals surface area contributed by atoms with Crippen molar-refractivity contribution in [1.29, 1.82) is 0 Å². The second-order valence-electron chi connectivity index (χ2n) is 1.61. The molecule has 50 valence electrons. The summed E-state index contributed by atoms with van der Waals surface area (Å²) in [5.74, 6) is 0. The molecular weight excluding hydrogens is 236 g/mol. The number of rotatable bonds is 4. The molecule has 1 atom stereocenters. The summed E-state index contributed by atoms with van der Waals surface area (Å²) in [6.45, 7) is 0.243. The molecule has 0 aliphatic carbocycles. The molecule has 8 heavy (non-hydrogen) atoms. The Labute approximate surface area is 66.7 Å². The molecule has 0 heterocycles. The van der Waals surface area contributed by atoms with E-state index in [0.717, 1.165) is 18.2 Å². The Hall–Kier alpha value is 0.920. The number of aliphatic hydroxyl groups excluding tert-OH is 1. The van der Waals surface area contributed by atoms with Crippen LogP contribution in [0.15, 0.2) is 0 Å². The van der Waals surface area contributed by atoms with Gasteiger partial charge in [-0.2, -0.15) is 0 Å². The highest BCUT2D eigenvalue weighted by Crippen LogP contribution is 2.07.